The summed E-state index contributed by atoms with van der Waals surface area (Å²) in [6.45, 7) is 9.83. The first-order valence-corrected chi connectivity index (χ1v) is 7.71. The van der Waals surface area contributed by atoms with E-state index in [-0.39, 0.29) is 0 Å². The maximum absolute atomic E-state index is 2.82. The molecule has 5 unspecified atom stereocenters. The van der Waals surface area contributed by atoms with Crippen LogP contribution in [0.3, 0.4) is 0 Å². The summed E-state index contributed by atoms with van der Waals surface area (Å²) in [6, 6.07) is 0. The van der Waals surface area contributed by atoms with Crippen LogP contribution in [0.5, 0.6) is 0 Å². The molecule has 15 heavy (non-hydrogen) atoms. The molecule has 0 amide bonds. The summed E-state index contributed by atoms with van der Waals surface area (Å²) in [4.78, 5) is 0. The molecule has 5 atom stereocenters. The fourth-order valence-electron chi connectivity index (χ4n) is 4.42. The highest BCUT2D eigenvalue weighted by atomic mass is 127. The Morgan fingerprint density at radius 1 is 1.07 bits per heavy atom. The highest BCUT2D eigenvalue weighted by molar-refractivity contribution is 14.1. The lowest BCUT2D eigenvalue weighted by molar-refractivity contribution is 0.0559. The highest BCUT2D eigenvalue weighted by Crippen LogP contribution is 2.57. The van der Waals surface area contributed by atoms with E-state index in [0.29, 0.717) is 3.42 Å². The van der Waals surface area contributed by atoms with Crippen molar-refractivity contribution in [2.75, 3.05) is 0 Å². The van der Waals surface area contributed by atoms with Crippen LogP contribution in [0.25, 0.3) is 0 Å². The maximum atomic E-state index is 2.82. The fourth-order valence-corrected chi connectivity index (χ4v) is 5.19. The number of alkyl halides is 1. The Morgan fingerprint density at radius 2 is 1.73 bits per heavy atom. The van der Waals surface area contributed by atoms with Crippen molar-refractivity contribution in [2.24, 2.45) is 29.6 Å². The molecular formula is C14H25I. The summed E-state index contributed by atoms with van der Waals surface area (Å²) in [5.74, 6) is 4.79. The molecular weight excluding hydrogens is 295 g/mol. The van der Waals surface area contributed by atoms with Crippen molar-refractivity contribution in [2.45, 2.75) is 56.8 Å². The predicted octanol–water partition coefficient (Wildman–Crippen LogP) is 4.91. The number of rotatable bonds is 1. The van der Waals surface area contributed by atoms with E-state index in [1.807, 2.05) is 0 Å². The van der Waals surface area contributed by atoms with Crippen molar-refractivity contribution in [1.82, 2.24) is 0 Å². The van der Waals surface area contributed by atoms with Gasteiger partial charge >= 0.3 is 0 Å². The minimum atomic E-state index is 0.586. The molecule has 2 fully saturated rings. The van der Waals surface area contributed by atoms with Crippen molar-refractivity contribution in [3.05, 3.63) is 0 Å². The van der Waals surface area contributed by atoms with Crippen LogP contribution in [0.4, 0.5) is 0 Å². The molecule has 2 rings (SSSR count). The molecule has 2 bridgehead atoms. The molecule has 0 aromatic rings. The molecule has 0 N–H and O–H groups in total. The van der Waals surface area contributed by atoms with E-state index in [1.165, 1.54) is 25.7 Å². The second-order valence-electron chi connectivity index (χ2n) is 6.49. The summed E-state index contributed by atoms with van der Waals surface area (Å²) < 4.78 is 0.586. The van der Waals surface area contributed by atoms with Crippen LogP contribution in [0.2, 0.25) is 0 Å². The van der Waals surface area contributed by atoms with Crippen molar-refractivity contribution in [3.8, 4) is 0 Å². The zero-order valence-electron chi connectivity index (χ0n) is 10.6. The van der Waals surface area contributed by atoms with Gasteiger partial charge in [0.1, 0.15) is 0 Å². The number of halogens is 1. The smallest absolute Gasteiger partial charge is 0.0299 e. The lowest BCUT2D eigenvalue weighted by Gasteiger charge is -2.54. The molecule has 2 saturated carbocycles. The summed E-state index contributed by atoms with van der Waals surface area (Å²) >= 11 is 2.82. The predicted molar refractivity (Wildman–Crippen MR) is 75.4 cm³/mol. The number of fused-ring (bicyclic) bond motifs is 2. The summed E-state index contributed by atoms with van der Waals surface area (Å²) in [5.41, 5.74) is 0. The third-order valence-electron chi connectivity index (χ3n) is 4.99. The van der Waals surface area contributed by atoms with Crippen molar-refractivity contribution in [1.29, 1.82) is 0 Å². The maximum Gasteiger partial charge on any atom is 0.0299 e. The van der Waals surface area contributed by atoms with E-state index < -0.39 is 0 Å². The van der Waals surface area contributed by atoms with Gasteiger partial charge in [-0.2, -0.15) is 0 Å². The van der Waals surface area contributed by atoms with Crippen molar-refractivity contribution in [3.63, 3.8) is 0 Å². The molecule has 1 heteroatoms. The van der Waals surface area contributed by atoms with E-state index in [1.54, 1.807) is 0 Å². The molecule has 0 aromatic carbocycles. The van der Waals surface area contributed by atoms with Crippen LogP contribution in [-0.4, -0.2) is 3.42 Å². The first-order valence-electron chi connectivity index (χ1n) is 6.63. The quantitative estimate of drug-likeness (QED) is 0.476. The zero-order valence-corrected chi connectivity index (χ0v) is 12.8. The van der Waals surface area contributed by atoms with Crippen molar-refractivity contribution >= 4 is 22.6 Å². The Bertz CT molecular complexity index is 231. The molecule has 0 saturated heterocycles. The SMILES string of the molecule is CC1CC2CC(C)C(I)(C(C)C)C(C1)C2. The van der Waals surface area contributed by atoms with Gasteiger partial charge in [-0.25, -0.2) is 0 Å². The summed E-state index contributed by atoms with van der Waals surface area (Å²) in [7, 11) is 0. The Morgan fingerprint density at radius 3 is 2.33 bits per heavy atom. The van der Waals surface area contributed by atoms with E-state index in [4.69, 9.17) is 0 Å². The van der Waals surface area contributed by atoms with Gasteiger partial charge in [0.15, 0.2) is 0 Å². The van der Waals surface area contributed by atoms with Gasteiger partial charge in [-0.05, 0) is 55.3 Å². The first kappa shape index (κ1) is 12.2. The largest absolute Gasteiger partial charge is 0.0780 e. The van der Waals surface area contributed by atoms with Gasteiger partial charge in [-0.15, -0.1) is 0 Å². The van der Waals surface area contributed by atoms with Crippen LogP contribution in [-0.2, 0) is 0 Å². The third-order valence-corrected chi connectivity index (χ3v) is 8.18. The Kier molecular flexibility index (Phi) is 3.41. The van der Waals surface area contributed by atoms with Gasteiger partial charge in [0, 0.05) is 3.42 Å². The molecule has 0 aromatic heterocycles. The van der Waals surface area contributed by atoms with Gasteiger partial charge in [0.05, 0.1) is 0 Å². The Hall–Kier alpha value is 0.730. The monoisotopic (exact) mass is 320 g/mol. The second kappa shape index (κ2) is 4.19. The first-order chi connectivity index (χ1) is 6.94. The molecule has 0 aliphatic heterocycles. The molecule has 0 spiro atoms. The minimum absolute atomic E-state index is 0.586. The normalized spacial score (nSPS) is 50.8. The van der Waals surface area contributed by atoms with E-state index in [0.717, 1.165) is 29.6 Å². The lowest BCUT2D eigenvalue weighted by Crippen LogP contribution is -2.50. The van der Waals surface area contributed by atoms with Gasteiger partial charge in [-0.3, -0.25) is 0 Å². The molecule has 0 heterocycles. The third kappa shape index (κ3) is 1.98. The van der Waals surface area contributed by atoms with Gasteiger partial charge < -0.3 is 0 Å². The molecule has 88 valence electrons. The van der Waals surface area contributed by atoms with E-state index in [9.17, 15) is 0 Å². The zero-order chi connectivity index (χ0) is 11.2. The minimum Gasteiger partial charge on any atom is -0.0780 e. The Balaban J connectivity index is 2.23. The number of hydrogen-bond donors (Lipinski definition) is 0. The molecule has 0 radical (unpaired) electrons. The summed E-state index contributed by atoms with van der Waals surface area (Å²) in [6.07, 6.45) is 6.01. The standard InChI is InChI=1S/C14H25I/c1-9(2)14(15)11(4)7-12-5-10(3)6-13(14)8-12/h9-13H,5-8H2,1-4H3. The Labute approximate surface area is 109 Å². The van der Waals surface area contributed by atoms with E-state index >= 15 is 0 Å². The van der Waals surface area contributed by atoms with Gasteiger partial charge in [0.25, 0.3) is 0 Å². The lowest BCUT2D eigenvalue weighted by atomic mass is 9.57. The topological polar surface area (TPSA) is 0 Å². The van der Waals surface area contributed by atoms with Crippen LogP contribution in [0.15, 0.2) is 0 Å². The fraction of sp³-hybridized carbons (Fsp3) is 1.00. The molecule has 2 aliphatic carbocycles. The van der Waals surface area contributed by atoms with Crippen LogP contribution >= 0.6 is 22.6 Å². The average Bonchev–Trinajstić information content (AvgIpc) is 2.13. The average molecular weight is 320 g/mol. The van der Waals surface area contributed by atoms with E-state index in [2.05, 4.69) is 50.3 Å². The van der Waals surface area contributed by atoms with Crippen molar-refractivity contribution < 1.29 is 0 Å². The number of hydrogen-bond acceptors (Lipinski definition) is 0. The van der Waals surface area contributed by atoms with Gasteiger partial charge in [0.2, 0.25) is 0 Å². The van der Waals surface area contributed by atoms with Gasteiger partial charge in [-0.1, -0.05) is 50.3 Å². The van der Waals surface area contributed by atoms with Crippen LogP contribution in [0, 0.1) is 29.6 Å². The highest BCUT2D eigenvalue weighted by Gasteiger charge is 2.50. The van der Waals surface area contributed by atoms with Crippen LogP contribution in [0.1, 0.15) is 53.4 Å². The molecule has 2 aliphatic rings. The second-order valence-corrected chi connectivity index (χ2v) is 8.36. The molecule has 0 nitrogen and oxygen atoms in total. The van der Waals surface area contributed by atoms with Crippen LogP contribution < -0.4 is 0 Å². The summed E-state index contributed by atoms with van der Waals surface area (Å²) in [5, 5.41) is 0.